The third-order valence-electron chi connectivity index (χ3n) is 5.73. The summed E-state index contributed by atoms with van der Waals surface area (Å²) in [5, 5.41) is 93.1. The highest BCUT2D eigenvalue weighted by molar-refractivity contribution is 5.74. The molecule has 0 bridgehead atoms. The predicted molar refractivity (Wildman–Crippen MR) is 110 cm³/mol. The molecule has 2 aliphatic heterocycles. The van der Waals surface area contributed by atoms with Gasteiger partial charge in [-0.25, -0.2) is 0 Å². The van der Waals surface area contributed by atoms with Crippen LogP contribution in [-0.2, 0) is 19.0 Å². The molecule has 16 heteroatoms. The molecule has 16 nitrogen and oxygen atoms in total. The van der Waals surface area contributed by atoms with E-state index in [1.165, 1.54) is 0 Å². The van der Waals surface area contributed by atoms with Gasteiger partial charge in [-0.05, 0) is 12.8 Å². The van der Waals surface area contributed by atoms with Crippen molar-refractivity contribution in [3.8, 4) is 0 Å². The number of ether oxygens (including phenoxy) is 3. The van der Waals surface area contributed by atoms with E-state index in [1.807, 2.05) is 0 Å². The number of aliphatic carboxylic acids is 1. The van der Waals surface area contributed by atoms with Crippen LogP contribution in [0.4, 0.5) is 0 Å². The minimum atomic E-state index is -2.61. The van der Waals surface area contributed by atoms with Crippen molar-refractivity contribution in [2.75, 3.05) is 32.9 Å². The van der Waals surface area contributed by atoms with Crippen molar-refractivity contribution in [2.45, 2.75) is 67.1 Å². The molecular weight excluding hydrogens is 464 g/mol. The lowest BCUT2D eigenvalue weighted by Crippen LogP contribution is -2.70. The Kier molecular flexibility index (Phi) is 9.92. The topological polar surface area (TPSA) is 281 Å². The summed E-state index contributed by atoms with van der Waals surface area (Å²) in [5.74, 6) is -6.60. The Balaban J connectivity index is 2.04. The van der Waals surface area contributed by atoms with Crippen molar-refractivity contribution < 1.29 is 59.9 Å². The van der Waals surface area contributed by atoms with Crippen molar-refractivity contribution in [1.82, 2.24) is 10.6 Å². The van der Waals surface area contributed by atoms with E-state index < -0.39 is 86.6 Å². The van der Waals surface area contributed by atoms with E-state index >= 15 is 0 Å². The summed E-state index contributed by atoms with van der Waals surface area (Å²) in [6.45, 7) is -2.37. The maximum Gasteiger partial charge on any atom is 0.320 e. The molecule has 2 rings (SSSR count). The molecular formula is C18H34N4O12. The third-order valence-corrected chi connectivity index (χ3v) is 5.73. The Hall–Kier alpha value is -1.70. The van der Waals surface area contributed by atoms with Crippen molar-refractivity contribution in [3.63, 3.8) is 0 Å². The van der Waals surface area contributed by atoms with Gasteiger partial charge >= 0.3 is 5.97 Å². The number of guanidine groups is 1. The molecule has 0 amide bonds. The third kappa shape index (κ3) is 6.70. The first-order chi connectivity index (χ1) is 15.8. The molecule has 34 heavy (non-hydrogen) atoms. The van der Waals surface area contributed by atoms with Gasteiger partial charge in [0.25, 0.3) is 0 Å². The Morgan fingerprint density at radius 2 is 1.91 bits per heavy atom. The Bertz CT molecular complexity index is 704. The molecule has 198 valence electrons. The number of aliphatic hydroxyl groups excluding tert-OH is 5. The molecule has 0 saturated carbocycles. The molecule has 0 aliphatic carbocycles. The van der Waals surface area contributed by atoms with Crippen molar-refractivity contribution in [3.05, 3.63) is 0 Å². The summed E-state index contributed by atoms with van der Waals surface area (Å²) >= 11 is 0. The van der Waals surface area contributed by atoms with Crippen LogP contribution in [0.2, 0.25) is 0 Å². The van der Waals surface area contributed by atoms with Gasteiger partial charge in [0.2, 0.25) is 11.6 Å². The second-order valence-electron chi connectivity index (χ2n) is 8.32. The van der Waals surface area contributed by atoms with Crippen molar-refractivity contribution in [1.29, 1.82) is 5.41 Å². The zero-order valence-electron chi connectivity index (χ0n) is 18.3. The number of carbonyl (C=O) groups is 1. The number of carboxylic acids is 1. The zero-order valence-corrected chi connectivity index (χ0v) is 18.3. The van der Waals surface area contributed by atoms with Gasteiger partial charge in [0.1, 0.15) is 49.3 Å². The molecule has 0 spiro atoms. The van der Waals surface area contributed by atoms with E-state index in [0.29, 0.717) is 6.42 Å². The van der Waals surface area contributed by atoms with Crippen LogP contribution in [0.3, 0.4) is 0 Å². The van der Waals surface area contributed by atoms with E-state index in [2.05, 4.69) is 10.6 Å². The molecule has 0 aromatic carbocycles. The second-order valence-corrected chi connectivity index (χ2v) is 8.32. The quantitative estimate of drug-likeness (QED) is 0.0546. The van der Waals surface area contributed by atoms with Crippen LogP contribution in [-0.4, -0.2) is 140 Å². The first kappa shape index (κ1) is 28.5. The van der Waals surface area contributed by atoms with Crippen molar-refractivity contribution in [2.24, 2.45) is 5.73 Å². The SMILES string of the molecule is N=C(N)NCCCC(NC[C@]1(O)OC[C@@H](O)C(O[C@]2(O)COC(CO)[C@@H](O)C2O)C1O)C(=O)O. The standard InChI is InChI=1S/C18H34N4O12/c19-16(20)21-3-1-2-8(15(28)29)22-6-17(30)14(27)12(9(24)5-33-17)34-18(31)7-32-10(4-23)11(25)13(18)26/h8-14,22-27,30-31H,1-7H2,(H,28,29)(H4,19,20,21)/t8?,9-,10?,11-,12?,13?,14?,17+,18-/m1/s1. The summed E-state index contributed by atoms with van der Waals surface area (Å²) in [5.41, 5.74) is 5.15. The van der Waals surface area contributed by atoms with Crippen LogP contribution >= 0.6 is 0 Å². The van der Waals surface area contributed by atoms with E-state index in [0.717, 1.165) is 0 Å². The van der Waals surface area contributed by atoms with Crippen LogP contribution in [0, 0.1) is 5.41 Å². The highest BCUT2D eigenvalue weighted by Crippen LogP contribution is 2.32. The molecule has 2 fully saturated rings. The van der Waals surface area contributed by atoms with E-state index in [4.69, 9.17) is 30.5 Å². The predicted octanol–water partition coefficient (Wildman–Crippen LogP) is -6.08. The zero-order chi connectivity index (χ0) is 25.7. The maximum absolute atomic E-state index is 11.5. The average molecular weight is 498 g/mol. The lowest BCUT2D eigenvalue weighted by Gasteiger charge is -2.49. The lowest BCUT2D eigenvalue weighted by atomic mass is 9.93. The van der Waals surface area contributed by atoms with E-state index in [-0.39, 0.29) is 18.9 Å². The second kappa shape index (κ2) is 11.8. The Morgan fingerprint density at radius 3 is 2.50 bits per heavy atom. The highest BCUT2D eigenvalue weighted by Gasteiger charge is 2.56. The van der Waals surface area contributed by atoms with Crippen LogP contribution in [0.25, 0.3) is 0 Å². The normalized spacial score (nSPS) is 39.4. The summed E-state index contributed by atoms with van der Waals surface area (Å²) in [6.07, 6.45) is -9.96. The number of hydrogen-bond acceptors (Lipinski definition) is 13. The largest absolute Gasteiger partial charge is 0.480 e. The van der Waals surface area contributed by atoms with Crippen LogP contribution in [0.5, 0.6) is 0 Å². The number of hydrogen-bond donors (Lipinski definition) is 12. The molecule has 2 saturated heterocycles. The minimum Gasteiger partial charge on any atom is -0.480 e. The summed E-state index contributed by atoms with van der Waals surface area (Å²) in [4.78, 5) is 11.5. The number of nitrogens with two attached hydrogens (primary N) is 1. The van der Waals surface area contributed by atoms with Crippen LogP contribution in [0.15, 0.2) is 0 Å². The Morgan fingerprint density at radius 1 is 1.24 bits per heavy atom. The molecule has 0 aromatic rings. The van der Waals surface area contributed by atoms with Gasteiger partial charge in [0.15, 0.2) is 5.96 Å². The molecule has 5 unspecified atom stereocenters. The first-order valence-corrected chi connectivity index (χ1v) is 10.6. The van der Waals surface area contributed by atoms with Gasteiger partial charge in [-0.3, -0.25) is 15.5 Å². The van der Waals surface area contributed by atoms with E-state index in [9.17, 15) is 40.5 Å². The van der Waals surface area contributed by atoms with Gasteiger partial charge in [0.05, 0.1) is 19.8 Å². The fourth-order valence-electron chi connectivity index (χ4n) is 3.67. The van der Waals surface area contributed by atoms with Gasteiger partial charge in [-0.15, -0.1) is 0 Å². The molecule has 13 N–H and O–H groups in total. The first-order valence-electron chi connectivity index (χ1n) is 10.6. The van der Waals surface area contributed by atoms with Gasteiger partial charge < -0.3 is 66.1 Å². The van der Waals surface area contributed by atoms with Gasteiger partial charge in [0, 0.05) is 6.54 Å². The number of aliphatic hydroxyl groups is 7. The summed E-state index contributed by atoms with van der Waals surface area (Å²) in [6, 6.07) is -1.18. The molecule has 0 radical (unpaired) electrons. The smallest absolute Gasteiger partial charge is 0.320 e. The number of carboxylic acid groups (broad SMARTS) is 1. The highest BCUT2D eigenvalue weighted by atomic mass is 16.7. The van der Waals surface area contributed by atoms with Crippen molar-refractivity contribution >= 4 is 11.9 Å². The van der Waals surface area contributed by atoms with Gasteiger partial charge in [-0.1, -0.05) is 0 Å². The number of rotatable bonds is 11. The fourth-order valence-corrected chi connectivity index (χ4v) is 3.67. The Labute approximate surface area is 194 Å². The molecule has 9 atom stereocenters. The maximum atomic E-state index is 11.5. The lowest BCUT2D eigenvalue weighted by molar-refractivity contribution is -0.393. The molecule has 2 heterocycles. The number of nitrogens with one attached hydrogen (secondary N) is 3. The molecule has 0 aromatic heterocycles. The van der Waals surface area contributed by atoms with E-state index in [1.54, 1.807) is 0 Å². The average Bonchev–Trinajstić information content (AvgIpc) is 2.77. The van der Waals surface area contributed by atoms with Crippen LogP contribution < -0.4 is 16.4 Å². The summed E-state index contributed by atoms with van der Waals surface area (Å²) in [7, 11) is 0. The molecule has 2 aliphatic rings. The fraction of sp³-hybridized carbons (Fsp3) is 0.889. The minimum absolute atomic E-state index is 0.0670. The summed E-state index contributed by atoms with van der Waals surface area (Å²) < 4.78 is 15.5. The van der Waals surface area contributed by atoms with Gasteiger partial charge in [-0.2, -0.15) is 0 Å². The van der Waals surface area contributed by atoms with Crippen LogP contribution in [0.1, 0.15) is 12.8 Å². The monoisotopic (exact) mass is 498 g/mol.